The smallest absolute Gasteiger partial charge is 0.269 e. The van der Waals surface area contributed by atoms with Crippen LogP contribution in [0.5, 0.6) is 0 Å². The van der Waals surface area contributed by atoms with Crippen molar-refractivity contribution in [2.75, 3.05) is 10.6 Å². The van der Waals surface area contributed by atoms with Crippen LogP contribution in [-0.2, 0) is 4.79 Å². The van der Waals surface area contributed by atoms with Gasteiger partial charge in [-0.15, -0.1) is 11.8 Å². The summed E-state index contributed by atoms with van der Waals surface area (Å²) in [4.78, 5) is 37.2. The van der Waals surface area contributed by atoms with Crippen LogP contribution in [0.4, 0.5) is 17.1 Å². The first-order valence-corrected chi connectivity index (χ1v) is 12.5. The highest BCUT2D eigenvalue weighted by atomic mass is 35.5. The maximum atomic E-state index is 13.4. The van der Waals surface area contributed by atoms with Crippen LogP contribution in [0.15, 0.2) is 102 Å². The van der Waals surface area contributed by atoms with Crippen LogP contribution >= 0.6 is 23.4 Å². The van der Waals surface area contributed by atoms with Gasteiger partial charge in [-0.2, -0.15) is 0 Å². The number of carbonyl (C=O) groups is 2. The Kier molecular flexibility index (Phi) is 8.22. The molecule has 4 aromatic rings. The molecule has 0 aliphatic rings. The average molecular weight is 532 g/mol. The van der Waals surface area contributed by atoms with Crippen molar-refractivity contribution in [2.24, 2.45) is 0 Å². The van der Waals surface area contributed by atoms with Crippen molar-refractivity contribution in [3.63, 3.8) is 0 Å². The van der Waals surface area contributed by atoms with E-state index in [-0.39, 0.29) is 17.5 Å². The fraction of sp³-hybridized carbons (Fsp3) is 0.0714. The topological polar surface area (TPSA) is 101 Å². The van der Waals surface area contributed by atoms with E-state index in [0.29, 0.717) is 27.5 Å². The van der Waals surface area contributed by atoms with Crippen LogP contribution in [0, 0.1) is 17.0 Å². The number of nitrogens with zero attached hydrogens (tertiary/aromatic N) is 1. The van der Waals surface area contributed by atoms with Crippen LogP contribution in [0.1, 0.15) is 26.7 Å². The van der Waals surface area contributed by atoms with Crippen molar-refractivity contribution in [3.8, 4) is 0 Å². The molecule has 0 radical (unpaired) electrons. The van der Waals surface area contributed by atoms with Crippen LogP contribution < -0.4 is 10.6 Å². The van der Waals surface area contributed by atoms with Gasteiger partial charge in [-0.25, -0.2) is 0 Å². The molecule has 4 rings (SSSR count). The Balaban J connectivity index is 1.50. The molecule has 2 N–H and O–H groups in total. The molecular formula is C28H22ClN3O4S. The largest absolute Gasteiger partial charge is 0.325 e. The molecule has 0 spiro atoms. The molecule has 0 heterocycles. The molecular weight excluding hydrogens is 510 g/mol. The van der Waals surface area contributed by atoms with E-state index in [1.165, 1.54) is 30.0 Å². The van der Waals surface area contributed by atoms with Crippen LogP contribution in [0.25, 0.3) is 0 Å². The number of halogens is 1. The zero-order valence-electron chi connectivity index (χ0n) is 19.7. The highest BCUT2D eigenvalue weighted by Gasteiger charge is 2.23. The molecule has 1 unspecified atom stereocenters. The lowest BCUT2D eigenvalue weighted by molar-refractivity contribution is -0.384. The minimum Gasteiger partial charge on any atom is -0.325 e. The Hall–Kier alpha value is -4.14. The standard InChI is InChI=1S/C28H22ClN3O4S/c1-18-16-23(32(35)36)12-15-25(18)31-28(34)26(19-6-3-2-4-7-19)37-24-13-10-22(11-14-24)30-27(33)20-8-5-9-21(29)17-20/h2-17,26H,1H3,(H,30,33)(H,31,34). The van der Waals surface area contributed by atoms with E-state index >= 15 is 0 Å². The summed E-state index contributed by atoms with van der Waals surface area (Å²) in [5.74, 6) is -0.533. The maximum Gasteiger partial charge on any atom is 0.269 e. The lowest BCUT2D eigenvalue weighted by Gasteiger charge is -2.18. The number of aryl methyl sites for hydroxylation is 1. The molecule has 0 bridgehead atoms. The number of nitrogens with one attached hydrogen (secondary N) is 2. The van der Waals surface area contributed by atoms with Gasteiger partial charge in [-0.1, -0.05) is 48.0 Å². The minimum atomic E-state index is -0.581. The Morgan fingerprint density at radius 3 is 2.27 bits per heavy atom. The van der Waals surface area contributed by atoms with Gasteiger partial charge in [0, 0.05) is 39.0 Å². The first kappa shape index (κ1) is 25.9. The first-order chi connectivity index (χ1) is 17.8. The second-order valence-electron chi connectivity index (χ2n) is 8.14. The SMILES string of the molecule is Cc1cc([N+](=O)[O-])ccc1NC(=O)C(Sc1ccc(NC(=O)c2cccc(Cl)c2)cc1)c1ccccc1. The lowest BCUT2D eigenvalue weighted by atomic mass is 10.1. The van der Waals surface area contributed by atoms with E-state index in [4.69, 9.17) is 11.6 Å². The van der Waals surface area contributed by atoms with Gasteiger partial charge < -0.3 is 10.6 Å². The average Bonchev–Trinajstić information content (AvgIpc) is 2.89. The summed E-state index contributed by atoms with van der Waals surface area (Å²) < 4.78 is 0. The monoisotopic (exact) mass is 531 g/mol. The van der Waals surface area contributed by atoms with E-state index < -0.39 is 10.2 Å². The van der Waals surface area contributed by atoms with E-state index in [9.17, 15) is 19.7 Å². The molecule has 0 fully saturated rings. The number of hydrogen-bond acceptors (Lipinski definition) is 5. The fourth-order valence-corrected chi connectivity index (χ4v) is 4.80. The third kappa shape index (κ3) is 6.75. The van der Waals surface area contributed by atoms with Gasteiger partial charge in [0.25, 0.3) is 11.6 Å². The summed E-state index contributed by atoms with van der Waals surface area (Å²) in [6.45, 7) is 1.71. The Labute approximate surface area is 223 Å². The quantitative estimate of drug-likeness (QED) is 0.141. The van der Waals surface area contributed by atoms with E-state index in [2.05, 4.69) is 10.6 Å². The number of thioether (sulfide) groups is 1. The number of nitro benzene ring substituents is 1. The van der Waals surface area contributed by atoms with Gasteiger partial charge >= 0.3 is 0 Å². The van der Waals surface area contributed by atoms with Gasteiger partial charge in [0.2, 0.25) is 5.91 Å². The predicted molar refractivity (Wildman–Crippen MR) is 147 cm³/mol. The molecule has 0 saturated heterocycles. The predicted octanol–water partition coefficient (Wildman–Crippen LogP) is 7.28. The van der Waals surface area contributed by atoms with Crippen molar-refractivity contribution in [2.45, 2.75) is 17.1 Å². The lowest BCUT2D eigenvalue weighted by Crippen LogP contribution is -2.19. The van der Waals surface area contributed by atoms with Gasteiger partial charge in [0.05, 0.1) is 4.92 Å². The number of nitro groups is 1. The summed E-state index contributed by atoms with van der Waals surface area (Å²) in [6.07, 6.45) is 0. The molecule has 0 aliphatic carbocycles. The first-order valence-electron chi connectivity index (χ1n) is 11.2. The molecule has 186 valence electrons. The Bertz CT molecular complexity index is 1450. The number of anilines is 2. The zero-order chi connectivity index (χ0) is 26.4. The second-order valence-corrected chi connectivity index (χ2v) is 9.76. The van der Waals surface area contributed by atoms with Gasteiger partial charge in [-0.3, -0.25) is 19.7 Å². The molecule has 7 nitrogen and oxygen atoms in total. The number of rotatable bonds is 8. The highest BCUT2D eigenvalue weighted by molar-refractivity contribution is 8.00. The number of carbonyl (C=O) groups excluding carboxylic acids is 2. The van der Waals surface area contributed by atoms with E-state index in [0.717, 1.165) is 10.5 Å². The van der Waals surface area contributed by atoms with Gasteiger partial charge in [-0.05, 0) is 66.6 Å². The summed E-state index contributed by atoms with van der Waals surface area (Å²) in [7, 11) is 0. The summed E-state index contributed by atoms with van der Waals surface area (Å²) in [6, 6.07) is 27.6. The van der Waals surface area contributed by atoms with Crippen LogP contribution in [-0.4, -0.2) is 16.7 Å². The molecule has 9 heteroatoms. The fourth-order valence-electron chi connectivity index (χ4n) is 3.59. The molecule has 4 aromatic carbocycles. The molecule has 37 heavy (non-hydrogen) atoms. The van der Waals surface area contributed by atoms with Crippen LogP contribution in [0.2, 0.25) is 5.02 Å². The normalized spacial score (nSPS) is 11.4. The van der Waals surface area contributed by atoms with E-state index in [1.54, 1.807) is 43.3 Å². The maximum absolute atomic E-state index is 13.4. The number of hydrogen-bond donors (Lipinski definition) is 2. The Morgan fingerprint density at radius 1 is 0.892 bits per heavy atom. The van der Waals surface area contributed by atoms with E-state index in [1.807, 2.05) is 42.5 Å². The third-order valence-electron chi connectivity index (χ3n) is 5.47. The summed E-state index contributed by atoms with van der Waals surface area (Å²) in [5.41, 5.74) is 2.94. The Morgan fingerprint density at radius 2 is 1.62 bits per heavy atom. The molecule has 2 amide bonds. The summed E-state index contributed by atoms with van der Waals surface area (Å²) in [5, 5.41) is 16.7. The second kappa shape index (κ2) is 11.7. The molecule has 0 saturated carbocycles. The molecule has 0 aliphatic heterocycles. The van der Waals surface area contributed by atoms with Crippen molar-refractivity contribution in [3.05, 3.63) is 129 Å². The number of benzene rings is 4. The number of non-ortho nitro benzene ring substituents is 1. The van der Waals surface area contributed by atoms with Crippen molar-refractivity contribution in [1.82, 2.24) is 0 Å². The molecule has 1 atom stereocenters. The highest BCUT2D eigenvalue weighted by Crippen LogP contribution is 2.37. The summed E-state index contributed by atoms with van der Waals surface area (Å²) >= 11 is 7.33. The minimum absolute atomic E-state index is 0.0352. The van der Waals surface area contributed by atoms with Crippen molar-refractivity contribution >= 4 is 52.2 Å². The van der Waals surface area contributed by atoms with Crippen molar-refractivity contribution < 1.29 is 14.5 Å². The molecule has 0 aromatic heterocycles. The van der Waals surface area contributed by atoms with Gasteiger partial charge in [0.1, 0.15) is 5.25 Å². The number of amides is 2. The van der Waals surface area contributed by atoms with Gasteiger partial charge in [0.15, 0.2) is 0 Å². The van der Waals surface area contributed by atoms with Crippen LogP contribution in [0.3, 0.4) is 0 Å². The van der Waals surface area contributed by atoms with Crippen molar-refractivity contribution in [1.29, 1.82) is 0 Å². The zero-order valence-corrected chi connectivity index (χ0v) is 21.3. The third-order valence-corrected chi connectivity index (χ3v) is 6.97.